The number of aromatic nitrogens is 1. The fourth-order valence-corrected chi connectivity index (χ4v) is 3.11. The molecule has 27 heavy (non-hydrogen) atoms. The van der Waals surface area contributed by atoms with Gasteiger partial charge >= 0.3 is 0 Å². The molecule has 0 bridgehead atoms. The first-order valence-electron chi connectivity index (χ1n) is 9.82. The molecule has 1 heterocycles. The van der Waals surface area contributed by atoms with E-state index in [4.69, 9.17) is 5.73 Å². The maximum atomic E-state index is 7.17. The highest BCUT2D eigenvalue weighted by Crippen LogP contribution is 2.20. The highest BCUT2D eigenvalue weighted by Gasteiger charge is 2.00. The van der Waals surface area contributed by atoms with Crippen molar-refractivity contribution in [1.82, 2.24) is 0 Å². The van der Waals surface area contributed by atoms with Crippen LogP contribution in [-0.4, -0.2) is 6.54 Å². The van der Waals surface area contributed by atoms with Crippen molar-refractivity contribution in [1.29, 1.82) is 0 Å². The molecule has 0 fully saturated rings. The predicted molar refractivity (Wildman–Crippen MR) is 115 cm³/mol. The molecule has 0 spiro atoms. The molecule has 0 atom stereocenters. The van der Waals surface area contributed by atoms with Crippen molar-refractivity contribution in [3.05, 3.63) is 96.0 Å². The lowest BCUT2D eigenvalue weighted by molar-refractivity contribution is -0.697. The van der Waals surface area contributed by atoms with Crippen molar-refractivity contribution >= 4 is 12.2 Å². The molecule has 0 amide bonds. The molecule has 0 saturated heterocycles. The third-order valence-electron chi connectivity index (χ3n) is 4.75. The highest BCUT2D eigenvalue weighted by atomic mass is 14.9. The summed E-state index contributed by atoms with van der Waals surface area (Å²) in [6.45, 7) is 1.62. The second kappa shape index (κ2) is 10.4. The van der Waals surface area contributed by atoms with Gasteiger partial charge in [-0.25, -0.2) is 4.57 Å². The maximum absolute atomic E-state index is 7.17. The lowest BCUT2D eigenvalue weighted by Crippen LogP contribution is -2.32. The van der Waals surface area contributed by atoms with Crippen molar-refractivity contribution in [2.24, 2.45) is 0 Å². The topological polar surface area (TPSA) is 27.7 Å². The number of unbranched alkanes of at least 4 members (excludes halogenated alkanes) is 3. The minimum Gasteiger partial charge on any atom is -0.677 e. The quantitative estimate of drug-likeness (QED) is 0.312. The first-order chi connectivity index (χ1) is 13.3. The Bertz CT molecular complexity index is 818. The third-order valence-corrected chi connectivity index (χ3v) is 4.75. The number of rotatable bonds is 9. The van der Waals surface area contributed by atoms with Crippen LogP contribution in [0, 0.1) is 0 Å². The largest absolute Gasteiger partial charge is 0.677 e. The van der Waals surface area contributed by atoms with E-state index in [2.05, 4.69) is 89.8 Å². The molecule has 3 aromatic rings. The summed E-state index contributed by atoms with van der Waals surface area (Å²) in [5.41, 5.74) is 12.1. The van der Waals surface area contributed by atoms with Crippen LogP contribution in [-0.2, 0) is 6.54 Å². The van der Waals surface area contributed by atoms with Crippen molar-refractivity contribution in [3.63, 3.8) is 0 Å². The standard InChI is InChI=1S/C25H28N2/c26-18-6-1-2-7-19-27-20-16-23(17-21-27)11-10-22-12-14-25(15-13-22)24-8-4-3-5-9-24/h3-5,8-17,20-21,26H,1-2,6-7,18-19H2/b11-10+. The molecule has 0 saturated carbocycles. The monoisotopic (exact) mass is 356 g/mol. The maximum Gasteiger partial charge on any atom is 0.169 e. The van der Waals surface area contributed by atoms with Gasteiger partial charge in [0, 0.05) is 18.6 Å². The van der Waals surface area contributed by atoms with E-state index in [1.807, 2.05) is 6.07 Å². The molecule has 1 aromatic heterocycles. The Labute approximate surface area is 163 Å². The summed E-state index contributed by atoms with van der Waals surface area (Å²) >= 11 is 0. The van der Waals surface area contributed by atoms with Crippen LogP contribution in [0.5, 0.6) is 0 Å². The Morgan fingerprint density at radius 2 is 1.22 bits per heavy atom. The number of nitrogens with zero attached hydrogens (tertiary/aromatic N) is 1. The summed E-state index contributed by atoms with van der Waals surface area (Å²) in [5.74, 6) is 0. The van der Waals surface area contributed by atoms with Gasteiger partial charge in [0.15, 0.2) is 12.4 Å². The first kappa shape index (κ1) is 19.1. The summed E-state index contributed by atoms with van der Waals surface area (Å²) in [7, 11) is 0. The van der Waals surface area contributed by atoms with E-state index in [0.29, 0.717) is 6.54 Å². The Hall–Kier alpha value is -2.71. The van der Waals surface area contributed by atoms with Crippen LogP contribution in [0.2, 0.25) is 0 Å². The fourth-order valence-electron chi connectivity index (χ4n) is 3.11. The molecule has 1 N–H and O–H groups in total. The molecule has 0 aliphatic rings. The summed E-state index contributed by atoms with van der Waals surface area (Å²) in [5, 5.41) is 0. The van der Waals surface area contributed by atoms with Gasteiger partial charge in [-0.2, -0.15) is 6.54 Å². The molecule has 0 radical (unpaired) electrons. The Morgan fingerprint density at radius 3 is 1.89 bits per heavy atom. The van der Waals surface area contributed by atoms with Crippen LogP contribution in [0.15, 0.2) is 79.1 Å². The smallest absolute Gasteiger partial charge is 0.169 e. The fraction of sp³-hybridized carbons (Fsp3) is 0.240. The zero-order valence-electron chi connectivity index (χ0n) is 15.9. The average Bonchev–Trinajstić information content (AvgIpc) is 2.74. The van der Waals surface area contributed by atoms with Gasteiger partial charge in [-0.05, 0) is 28.7 Å². The zero-order valence-corrected chi connectivity index (χ0v) is 15.9. The van der Waals surface area contributed by atoms with E-state index in [-0.39, 0.29) is 0 Å². The van der Waals surface area contributed by atoms with Crippen LogP contribution < -0.4 is 4.57 Å². The van der Waals surface area contributed by atoms with Crippen LogP contribution in [0.4, 0.5) is 0 Å². The Kier molecular flexibility index (Phi) is 7.37. The molecule has 2 nitrogen and oxygen atoms in total. The normalized spacial score (nSPS) is 11.1. The second-order valence-corrected chi connectivity index (χ2v) is 6.85. The van der Waals surface area contributed by atoms with Gasteiger partial charge in [-0.15, -0.1) is 0 Å². The summed E-state index contributed by atoms with van der Waals surface area (Å²) in [6.07, 6.45) is 13.2. The van der Waals surface area contributed by atoms with Gasteiger partial charge in [-0.1, -0.05) is 79.6 Å². The molecule has 3 rings (SSSR count). The third kappa shape index (κ3) is 6.19. The summed E-state index contributed by atoms with van der Waals surface area (Å²) in [4.78, 5) is 0. The van der Waals surface area contributed by atoms with Gasteiger partial charge in [0.25, 0.3) is 0 Å². The molecular formula is C25H28N2. The number of benzene rings is 2. The van der Waals surface area contributed by atoms with E-state index < -0.39 is 0 Å². The second-order valence-electron chi connectivity index (χ2n) is 6.85. The SMILES string of the molecule is [NH-]CCCCCC[n+]1ccc(/C=C/c2ccc(-c3ccccc3)cc2)cc1. The van der Waals surface area contributed by atoms with Crippen LogP contribution in [0.25, 0.3) is 29.0 Å². The van der Waals surface area contributed by atoms with Crippen LogP contribution >= 0.6 is 0 Å². The van der Waals surface area contributed by atoms with E-state index >= 15 is 0 Å². The number of pyridine rings is 1. The molecule has 2 heteroatoms. The molecule has 138 valence electrons. The molecular weight excluding hydrogens is 328 g/mol. The van der Waals surface area contributed by atoms with Gasteiger partial charge < -0.3 is 5.73 Å². The van der Waals surface area contributed by atoms with Crippen molar-refractivity contribution in [2.75, 3.05) is 6.54 Å². The summed E-state index contributed by atoms with van der Waals surface area (Å²) < 4.78 is 2.24. The number of hydrogen-bond acceptors (Lipinski definition) is 0. The van der Waals surface area contributed by atoms with Crippen molar-refractivity contribution in [2.45, 2.75) is 32.2 Å². The van der Waals surface area contributed by atoms with Gasteiger partial charge in [0.1, 0.15) is 6.54 Å². The predicted octanol–water partition coefficient (Wildman–Crippen LogP) is 6.42. The number of aryl methyl sites for hydroxylation is 1. The molecule has 0 aliphatic heterocycles. The first-order valence-corrected chi connectivity index (χ1v) is 9.82. The molecule has 0 unspecified atom stereocenters. The number of hydrogen-bond donors (Lipinski definition) is 0. The van der Waals surface area contributed by atoms with Crippen LogP contribution in [0.1, 0.15) is 36.8 Å². The van der Waals surface area contributed by atoms with Gasteiger partial charge in [0.05, 0.1) is 0 Å². The van der Waals surface area contributed by atoms with E-state index in [1.165, 1.54) is 41.5 Å². The van der Waals surface area contributed by atoms with E-state index in [9.17, 15) is 0 Å². The van der Waals surface area contributed by atoms with Crippen molar-refractivity contribution in [3.8, 4) is 11.1 Å². The lowest BCUT2D eigenvalue weighted by atomic mass is 10.0. The average molecular weight is 357 g/mol. The molecule has 2 aromatic carbocycles. The Morgan fingerprint density at radius 1 is 0.630 bits per heavy atom. The minimum atomic E-state index is 0.559. The van der Waals surface area contributed by atoms with E-state index in [0.717, 1.165) is 13.0 Å². The lowest BCUT2D eigenvalue weighted by Gasteiger charge is -2.02. The number of nitrogens with one attached hydrogen (secondary N) is 1. The minimum absolute atomic E-state index is 0.559. The summed E-state index contributed by atoms with van der Waals surface area (Å²) in [6, 6.07) is 23.5. The van der Waals surface area contributed by atoms with E-state index in [1.54, 1.807) is 0 Å². The molecule has 0 aliphatic carbocycles. The Balaban J connectivity index is 1.53. The van der Waals surface area contributed by atoms with Crippen molar-refractivity contribution < 1.29 is 4.57 Å². The zero-order chi connectivity index (χ0) is 18.7. The van der Waals surface area contributed by atoms with Crippen LogP contribution in [0.3, 0.4) is 0 Å². The van der Waals surface area contributed by atoms with Gasteiger partial charge in [0.2, 0.25) is 0 Å². The highest BCUT2D eigenvalue weighted by molar-refractivity contribution is 5.71. The van der Waals surface area contributed by atoms with Gasteiger partial charge in [-0.3, -0.25) is 0 Å².